The van der Waals surface area contributed by atoms with Crippen LogP contribution >= 0.6 is 11.6 Å². The number of hydrogen-bond acceptors (Lipinski definition) is 5. The van der Waals surface area contributed by atoms with Crippen LogP contribution in [0.4, 0.5) is 10.1 Å². The van der Waals surface area contributed by atoms with Gasteiger partial charge in [0.1, 0.15) is 5.52 Å². The van der Waals surface area contributed by atoms with Crippen LogP contribution in [-0.2, 0) is 7.05 Å². The Labute approximate surface area is 190 Å². The summed E-state index contributed by atoms with van der Waals surface area (Å²) >= 11 is 6.70. The van der Waals surface area contributed by atoms with E-state index in [0.29, 0.717) is 33.7 Å². The summed E-state index contributed by atoms with van der Waals surface area (Å²) in [6.07, 6.45) is 1.71. The maximum atomic E-state index is 14.8. The molecule has 2 N–H and O–H groups in total. The fourth-order valence-corrected chi connectivity index (χ4v) is 4.98. The average molecular weight is 454 g/mol. The maximum absolute atomic E-state index is 14.8. The Bertz CT molecular complexity index is 1360. The number of phenols is 1. The topological polar surface area (TPSA) is 66.2 Å². The molecule has 2 unspecified atom stereocenters. The van der Waals surface area contributed by atoms with Gasteiger partial charge in [0, 0.05) is 60.4 Å². The monoisotopic (exact) mass is 453 g/mol. The predicted octanol–water partition coefficient (Wildman–Crippen LogP) is 4.78. The lowest BCUT2D eigenvalue weighted by Crippen LogP contribution is -2.54. The number of benzene rings is 2. The van der Waals surface area contributed by atoms with Gasteiger partial charge in [-0.15, -0.1) is 0 Å². The molecule has 166 valence electrons. The van der Waals surface area contributed by atoms with Crippen molar-refractivity contribution in [2.24, 2.45) is 7.05 Å². The van der Waals surface area contributed by atoms with Gasteiger partial charge in [-0.2, -0.15) is 5.10 Å². The largest absolute Gasteiger partial charge is 0.504 e. The summed E-state index contributed by atoms with van der Waals surface area (Å²) in [5, 5.41) is 20.1. The quantitative estimate of drug-likeness (QED) is 0.457. The van der Waals surface area contributed by atoms with Gasteiger partial charge >= 0.3 is 0 Å². The van der Waals surface area contributed by atoms with Crippen LogP contribution in [0.1, 0.15) is 19.4 Å². The van der Waals surface area contributed by atoms with Crippen molar-refractivity contribution in [3.8, 4) is 17.0 Å². The number of nitrogens with zero attached hydrogens (tertiary/aromatic N) is 4. The van der Waals surface area contributed by atoms with Gasteiger partial charge < -0.3 is 15.3 Å². The Kier molecular flexibility index (Phi) is 4.98. The molecule has 4 aromatic rings. The highest BCUT2D eigenvalue weighted by Crippen LogP contribution is 2.39. The number of aromatic nitrogens is 3. The minimum atomic E-state index is -0.759. The Balaban J connectivity index is 1.64. The van der Waals surface area contributed by atoms with Gasteiger partial charge in [0.2, 0.25) is 0 Å². The van der Waals surface area contributed by atoms with E-state index in [2.05, 4.69) is 41.3 Å². The van der Waals surface area contributed by atoms with Crippen LogP contribution in [0, 0.1) is 12.7 Å². The number of hydrogen-bond donors (Lipinski definition) is 2. The molecular formula is C24H25ClFN5O. The van der Waals surface area contributed by atoms with E-state index in [1.807, 2.05) is 6.92 Å². The van der Waals surface area contributed by atoms with E-state index >= 15 is 0 Å². The van der Waals surface area contributed by atoms with Crippen molar-refractivity contribution in [3.05, 3.63) is 46.9 Å². The average Bonchev–Trinajstić information content (AvgIpc) is 3.11. The number of halogens is 2. The molecule has 0 radical (unpaired) electrons. The van der Waals surface area contributed by atoms with E-state index in [4.69, 9.17) is 16.6 Å². The predicted molar refractivity (Wildman–Crippen MR) is 127 cm³/mol. The van der Waals surface area contributed by atoms with E-state index in [-0.39, 0.29) is 5.52 Å². The first kappa shape index (κ1) is 21.0. The third kappa shape index (κ3) is 3.45. The van der Waals surface area contributed by atoms with Crippen LogP contribution in [0.5, 0.6) is 5.75 Å². The first-order chi connectivity index (χ1) is 15.2. The van der Waals surface area contributed by atoms with E-state index in [1.54, 1.807) is 25.4 Å². The molecule has 5 rings (SSSR count). The third-order valence-electron chi connectivity index (χ3n) is 6.06. The maximum Gasteiger partial charge on any atom is 0.193 e. The SMILES string of the molecule is Cc1cc(N2CC(C)NC(C)C2)cc2c(Cl)cc(-c3cc4cn(C)nc4c(F)c3O)nc12. The van der Waals surface area contributed by atoms with Gasteiger partial charge in [-0.25, -0.2) is 9.37 Å². The number of aromatic hydroxyl groups is 1. The summed E-state index contributed by atoms with van der Waals surface area (Å²) in [5.74, 6) is -1.23. The normalized spacial score (nSPS) is 19.2. The lowest BCUT2D eigenvalue weighted by atomic mass is 10.0. The zero-order valence-electron chi connectivity index (χ0n) is 18.4. The molecule has 0 bridgehead atoms. The van der Waals surface area contributed by atoms with E-state index in [1.165, 1.54) is 4.68 Å². The number of fused-ring (bicyclic) bond motifs is 2. The lowest BCUT2D eigenvalue weighted by Gasteiger charge is -2.38. The Morgan fingerprint density at radius 3 is 2.56 bits per heavy atom. The Morgan fingerprint density at radius 1 is 1.12 bits per heavy atom. The molecule has 0 amide bonds. The van der Waals surface area contributed by atoms with Crippen molar-refractivity contribution in [2.45, 2.75) is 32.9 Å². The molecule has 32 heavy (non-hydrogen) atoms. The molecule has 2 aromatic carbocycles. The fraction of sp³-hybridized carbons (Fsp3) is 0.333. The molecule has 0 aliphatic carbocycles. The molecule has 0 saturated carbocycles. The standard InChI is InChI=1S/C24H25ClFN5O/c1-12-5-16(31-9-13(2)27-14(3)10-31)7-17-19(25)8-20(28-22(12)17)18-6-15-11-30(4)29-23(15)21(26)24(18)32/h5-8,11,13-14,27,32H,9-10H2,1-4H3. The van der Waals surface area contributed by atoms with Crippen molar-refractivity contribution in [2.75, 3.05) is 18.0 Å². The summed E-state index contributed by atoms with van der Waals surface area (Å²) in [6, 6.07) is 8.35. The van der Waals surface area contributed by atoms with Crippen LogP contribution in [0.3, 0.4) is 0 Å². The van der Waals surface area contributed by atoms with Crippen molar-refractivity contribution in [1.82, 2.24) is 20.1 Å². The molecule has 1 fully saturated rings. The van der Waals surface area contributed by atoms with Gasteiger partial charge in [-0.1, -0.05) is 11.6 Å². The summed E-state index contributed by atoms with van der Waals surface area (Å²) in [6.45, 7) is 8.19. The number of aryl methyl sites for hydroxylation is 2. The molecule has 2 atom stereocenters. The smallest absolute Gasteiger partial charge is 0.193 e. The number of nitrogens with one attached hydrogen (secondary N) is 1. The molecule has 2 aromatic heterocycles. The Hall–Kier alpha value is -2.90. The molecule has 3 heterocycles. The summed E-state index contributed by atoms with van der Waals surface area (Å²) in [4.78, 5) is 7.13. The van der Waals surface area contributed by atoms with Crippen LogP contribution < -0.4 is 10.2 Å². The first-order valence-electron chi connectivity index (χ1n) is 10.7. The van der Waals surface area contributed by atoms with Gasteiger partial charge in [-0.05, 0) is 50.6 Å². The second-order valence-electron chi connectivity index (χ2n) is 8.85. The number of anilines is 1. The van der Waals surface area contributed by atoms with Crippen LogP contribution in [0.2, 0.25) is 5.02 Å². The number of pyridine rings is 1. The van der Waals surface area contributed by atoms with Gasteiger partial charge in [0.15, 0.2) is 11.6 Å². The van der Waals surface area contributed by atoms with Gasteiger partial charge in [-0.3, -0.25) is 4.68 Å². The van der Waals surface area contributed by atoms with Crippen molar-refractivity contribution < 1.29 is 9.50 Å². The van der Waals surface area contributed by atoms with Crippen molar-refractivity contribution in [1.29, 1.82) is 0 Å². The highest BCUT2D eigenvalue weighted by molar-refractivity contribution is 6.35. The molecule has 6 nitrogen and oxygen atoms in total. The van der Waals surface area contributed by atoms with Crippen molar-refractivity contribution >= 4 is 39.1 Å². The zero-order chi connectivity index (χ0) is 22.7. The summed E-state index contributed by atoms with van der Waals surface area (Å²) in [7, 11) is 1.71. The lowest BCUT2D eigenvalue weighted by molar-refractivity contribution is 0.407. The molecule has 1 aliphatic heterocycles. The minimum absolute atomic E-state index is 0.126. The van der Waals surface area contributed by atoms with Gasteiger partial charge in [0.25, 0.3) is 0 Å². The third-order valence-corrected chi connectivity index (χ3v) is 6.38. The summed E-state index contributed by atoms with van der Waals surface area (Å²) < 4.78 is 16.3. The second kappa shape index (κ2) is 7.60. The number of rotatable bonds is 2. The molecule has 0 spiro atoms. The summed E-state index contributed by atoms with van der Waals surface area (Å²) in [5.41, 5.74) is 3.66. The molecular weight excluding hydrogens is 429 g/mol. The van der Waals surface area contributed by atoms with Crippen LogP contribution in [-0.4, -0.2) is 45.0 Å². The molecule has 1 aliphatic rings. The van der Waals surface area contributed by atoms with Crippen LogP contribution in [0.25, 0.3) is 33.1 Å². The number of piperazine rings is 1. The Morgan fingerprint density at radius 2 is 1.84 bits per heavy atom. The fourth-order valence-electron chi connectivity index (χ4n) is 4.73. The minimum Gasteiger partial charge on any atom is -0.504 e. The van der Waals surface area contributed by atoms with Crippen LogP contribution in [0.15, 0.2) is 30.5 Å². The highest BCUT2D eigenvalue weighted by Gasteiger charge is 2.23. The van der Waals surface area contributed by atoms with E-state index in [9.17, 15) is 9.50 Å². The van der Waals surface area contributed by atoms with E-state index < -0.39 is 11.6 Å². The van der Waals surface area contributed by atoms with Gasteiger partial charge in [0.05, 0.1) is 16.2 Å². The highest BCUT2D eigenvalue weighted by atomic mass is 35.5. The van der Waals surface area contributed by atoms with Crippen molar-refractivity contribution in [3.63, 3.8) is 0 Å². The zero-order valence-corrected chi connectivity index (χ0v) is 19.2. The van der Waals surface area contributed by atoms with E-state index in [0.717, 1.165) is 35.2 Å². The second-order valence-corrected chi connectivity index (χ2v) is 9.26. The molecule has 1 saturated heterocycles. The molecule has 8 heteroatoms. The number of phenolic OH excluding ortho intramolecular Hbond substituents is 1. The first-order valence-corrected chi connectivity index (χ1v) is 11.1.